The molecule has 0 amide bonds. The molecule has 0 saturated carbocycles. The van der Waals surface area contributed by atoms with Gasteiger partial charge in [0.2, 0.25) is 6.10 Å². The molecular weight excluding hydrogens is 238 g/mol. The summed E-state index contributed by atoms with van der Waals surface area (Å²) >= 11 is 3.27. The lowest BCUT2D eigenvalue weighted by molar-refractivity contribution is -0.144. The molecule has 1 atom stereocenters. The summed E-state index contributed by atoms with van der Waals surface area (Å²) in [5.74, 6) is -0.403. The van der Waals surface area contributed by atoms with Crippen LogP contribution in [0.25, 0.3) is 0 Å². The van der Waals surface area contributed by atoms with E-state index in [-0.39, 0.29) is 0 Å². The zero-order chi connectivity index (χ0) is 9.42. The fourth-order valence-corrected chi connectivity index (χ4v) is 1.67. The molecule has 1 aromatic rings. The number of aliphatic carboxylic acids is 1. The van der Waals surface area contributed by atoms with Gasteiger partial charge >= 0.3 is 5.97 Å². The zero-order valence-electron chi connectivity index (χ0n) is 6.53. The van der Waals surface area contributed by atoms with Gasteiger partial charge in [0, 0.05) is 12.6 Å². The van der Waals surface area contributed by atoms with E-state index in [9.17, 15) is 4.79 Å². The number of ether oxygens (including phenoxy) is 1. The van der Waals surface area contributed by atoms with Crippen molar-refractivity contribution in [3.05, 3.63) is 22.4 Å². The second kappa shape index (κ2) is 2.99. The molecule has 0 aliphatic carbocycles. The van der Waals surface area contributed by atoms with Crippen LogP contribution in [0, 0.1) is 0 Å². The van der Waals surface area contributed by atoms with Crippen LogP contribution in [-0.4, -0.2) is 22.2 Å². The highest BCUT2D eigenvalue weighted by Gasteiger charge is 2.31. The van der Waals surface area contributed by atoms with Gasteiger partial charge in [0.15, 0.2) is 5.75 Å². The van der Waals surface area contributed by atoms with Gasteiger partial charge < -0.3 is 9.84 Å². The molecule has 0 bridgehead atoms. The molecule has 2 heterocycles. The molecule has 0 saturated heterocycles. The molecule has 13 heavy (non-hydrogen) atoms. The number of fused-ring (bicyclic) bond motifs is 1. The van der Waals surface area contributed by atoms with Gasteiger partial charge in [0.1, 0.15) is 0 Å². The molecule has 1 N–H and O–H groups in total. The van der Waals surface area contributed by atoms with Crippen molar-refractivity contribution in [2.24, 2.45) is 0 Å². The third-order valence-corrected chi connectivity index (χ3v) is 2.47. The van der Waals surface area contributed by atoms with E-state index in [0.717, 1.165) is 4.47 Å². The standard InChI is InChI=1S/C8H6BrNO3/c9-4-1-2-10-5-3-6(8(11)12)13-7(4)5/h1-2,6H,3H2,(H,11,12). The van der Waals surface area contributed by atoms with Crippen molar-refractivity contribution >= 4 is 21.9 Å². The molecule has 0 aromatic carbocycles. The van der Waals surface area contributed by atoms with Crippen LogP contribution in [0.3, 0.4) is 0 Å². The molecule has 2 rings (SSSR count). The number of hydrogen-bond acceptors (Lipinski definition) is 3. The van der Waals surface area contributed by atoms with Crippen LogP contribution >= 0.6 is 15.9 Å². The van der Waals surface area contributed by atoms with E-state index in [1.807, 2.05) is 0 Å². The Balaban J connectivity index is 2.35. The predicted octanol–water partition coefficient (Wildman–Crippen LogP) is 1.23. The minimum Gasteiger partial charge on any atom is -0.478 e. The second-order valence-electron chi connectivity index (χ2n) is 2.72. The summed E-state index contributed by atoms with van der Waals surface area (Å²) < 4.78 is 5.94. The molecule has 1 unspecified atom stereocenters. The van der Waals surface area contributed by atoms with Crippen molar-refractivity contribution in [2.75, 3.05) is 0 Å². The minimum absolute atomic E-state index is 0.337. The largest absolute Gasteiger partial charge is 0.478 e. The average Bonchev–Trinajstić information content (AvgIpc) is 2.49. The van der Waals surface area contributed by atoms with Gasteiger partial charge in [0.25, 0.3) is 0 Å². The summed E-state index contributed by atoms with van der Waals surface area (Å²) in [6, 6.07) is 1.73. The fourth-order valence-electron chi connectivity index (χ4n) is 1.23. The highest BCUT2D eigenvalue weighted by atomic mass is 79.9. The van der Waals surface area contributed by atoms with Crippen LogP contribution in [0.4, 0.5) is 0 Å². The summed E-state index contributed by atoms with van der Waals surface area (Å²) in [7, 11) is 0. The summed E-state index contributed by atoms with van der Waals surface area (Å²) in [6.07, 6.45) is 1.17. The third kappa shape index (κ3) is 1.39. The molecule has 4 nitrogen and oxygen atoms in total. The average molecular weight is 244 g/mol. The van der Waals surface area contributed by atoms with E-state index in [1.165, 1.54) is 0 Å². The highest BCUT2D eigenvalue weighted by Crippen LogP contribution is 2.34. The third-order valence-electron chi connectivity index (χ3n) is 1.84. The van der Waals surface area contributed by atoms with Crippen molar-refractivity contribution < 1.29 is 14.6 Å². The van der Waals surface area contributed by atoms with Crippen molar-refractivity contribution in [1.29, 1.82) is 0 Å². The Hall–Kier alpha value is -1.10. The van der Waals surface area contributed by atoms with Crippen LogP contribution in [0.15, 0.2) is 16.7 Å². The number of rotatable bonds is 1. The van der Waals surface area contributed by atoms with Gasteiger partial charge in [-0.05, 0) is 22.0 Å². The number of carboxylic acid groups (broad SMARTS) is 1. The van der Waals surface area contributed by atoms with Gasteiger partial charge in [-0.25, -0.2) is 4.79 Å². The highest BCUT2D eigenvalue weighted by molar-refractivity contribution is 9.10. The molecular formula is C8H6BrNO3. The number of hydrogen-bond donors (Lipinski definition) is 1. The number of halogens is 1. The topological polar surface area (TPSA) is 59.4 Å². The smallest absolute Gasteiger partial charge is 0.345 e. The van der Waals surface area contributed by atoms with Crippen LogP contribution in [0.2, 0.25) is 0 Å². The van der Waals surface area contributed by atoms with Crippen molar-refractivity contribution in [2.45, 2.75) is 12.5 Å². The Morgan fingerprint density at radius 2 is 2.54 bits per heavy atom. The van der Waals surface area contributed by atoms with E-state index in [4.69, 9.17) is 9.84 Å². The zero-order valence-corrected chi connectivity index (χ0v) is 8.11. The monoisotopic (exact) mass is 243 g/mol. The first-order valence-corrected chi connectivity index (χ1v) is 4.50. The summed E-state index contributed by atoms with van der Waals surface area (Å²) in [5, 5.41) is 8.71. The van der Waals surface area contributed by atoms with Crippen LogP contribution in [0.1, 0.15) is 5.69 Å². The van der Waals surface area contributed by atoms with Gasteiger partial charge in [-0.3, -0.25) is 4.98 Å². The maximum absolute atomic E-state index is 10.6. The van der Waals surface area contributed by atoms with Crippen LogP contribution in [-0.2, 0) is 11.2 Å². The van der Waals surface area contributed by atoms with E-state index in [1.54, 1.807) is 12.3 Å². The first-order valence-electron chi connectivity index (χ1n) is 3.71. The second-order valence-corrected chi connectivity index (χ2v) is 3.57. The Morgan fingerprint density at radius 3 is 3.15 bits per heavy atom. The van der Waals surface area contributed by atoms with Crippen LogP contribution < -0.4 is 4.74 Å². The number of carbonyl (C=O) groups is 1. The number of pyridine rings is 1. The minimum atomic E-state index is -0.954. The first-order chi connectivity index (χ1) is 6.18. The Kier molecular flexibility index (Phi) is 1.95. The molecule has 1 aromatic heterocycles. The molecule has 5 heteroatoms. The molecule has 1 aliphatic rings. The fraction of sp³-hybridized carbons (Fsp3) is 0.250. The van der Waals surface area contributed by atoms with Gasteiger partial charge in [-0.15, -0.1) is 0 Å². The summed E-state index contributed by atoms with van der Waals surface area (Å²) in [4.78, 5) is 14.6. The van der Waals surface area contributed by atoms with Crippen molar-refractivity contribution in [1.82, 2.24) is 4.98 Å². The molecule has 0 spiro atoms. The normalized spacial score (nSPS) is 19.3. The maximum Gasteiger partial charge on any atom is 0.345 e. The van der Waals surface area contributed by atoms with Crippen molar-refractivity contribution in [3.63, 3.8) is 0 Å². The summed E-state index contributed by atoms with van der Waals surface area (Å²) in [6.45, 7) is 0. The van der Waals surface area contributed by atoms with Crippen molar-refractivity contribution in [3.8, 4) is 5.75 Å². The van der Waals surface area contributed by atoms with E-state index < -0.39 is 12.1 Å². The lowest BCUT2D eigenvalue weighted by Crippen LogP contribution is -2.24. The first kappa shape index (κ1) is 8.50. The van der Waals surface area contributed by atoms with Gasteiger partial charge in [-0.1, -0.05) is 0 Å². The van der Waals surface area contributed by atoms with E-state index in [0.29, 0.717) is 17.9 Å². The van der Waals surface area contributed by atoms with Gasteiger partial charge in [-0.2, -0.15) is 0 Å². The molecule has 68 valence electrons. The van der Waals surface area contributed by atoms with Crippen LogP contribution in [0.5, 0.6) is 5.75 Å². The summed E-state index contributed by atoms with van der Waals surface area (Å²) in [5.41, 5.74) is 0.696. The molecule has 1 aliphatic heterocycles. The quantitative estimate of drug-likeness (QED) is 0.807. The lowest BCUT2D eigenvalue weighted by atomic mass is 10.2. The SMILES string of the molecule is O=C(O)C1Cc2nccc(Br)c2O1. The number of nitrogens with zero attached hydrogens (tertiary/aromatic N) is 1. The van der Waals surface area contributed by atoms with Gasteiger partial charge in [0.05, 0.1) is 10.2 Å². The van der Waals surface area contributed by atoms with E-state index >= 15 is 0 Å². The van der Waals surface area contributed by atoms with E-state index in [2.05, 4.69) is 20.9 Å². The number of aromatic nitrogens is 1. The Labute approximate surface area is 82.7 Å². The lowest BCUT2D eigenvalue weighted by Gasteiger charge is -2.04. The Bertz CT molecular complexity index is 366. The molecule has 0 fully saturated rings. The Morgan fingerprint density at radius 1 is 1.77 bits per heavy atom. The predicted molar refractivity (Wildman–Crippen MR) is 47.7 cm³/mol. The maximum atomic E-state index is 10.6. The molecule has 0 radical (unpaired) electrons. The number of carboxylic acids is 1.